The zero-order valence-corrected chi connectivity index (χ0v) is 10.9. The van der Waals surface area contributed by atoms with Crippen LogP contribution in [0.25, 0.3) is 0 Å². The maximum absolute atomic E-state index is 10.4. The summed E-state index contributed by atoms with van der Waals surface area (Å²) in [6.07, 6.45) is 1.90. The second kappa shape index (κ2) is 6.99. The van der Waals surface area contributed by atoms with Gasteiger partial charge in [0, 0.05) is 13.0 Å². The van der Waals surface area contributed by atoms with Crippen molar-refractivity contribution in [3.63, 3.8) is 0 Å². The summed E-state index contributed by atoms with van der Waals surface area (Å²) in [5, 5.41) is 11.6. The Kier molecular flexibility index (Phi) is 5.03. The number of hydrogen-bond acceptors (Lipinski definition) is 4. The third kappa shape index (κ3) is 4.44. The van der Waals surface area contributed by atoms with Crippen LogP contribution in [-0.2, 0) is 11.2 Å². The molecule has 1 aliphatic rings. The maximum Gasteiger partial charge on any atom is 0.304 e. The molecule has 0 spiro atoms. The molecular weight excluding hydrogens is 246 g/mol. The van der Waals surface area contributed by atoms with Gasteiger partial charge >= 0.3 is 5.97 Å². The second-order valence-electron chi connectivity index (χ2n) is 4.48. The number of ether oxygens (including phenoxy) is 2. The molecule has 0 bridgehead atoms. The molecule has 0 aliphatic carbocycles. The molecule has 0 unspecified atom stereocenters. The monoisotopic (exact) mass is 265 g/mol. The number of aliphatic carboxylic acids is 1. The zero-order chi connectivity index (χ0) is 13.5. The molecule has 0 atom stereocenters. The number of nitrogens with one attached hydrogen (secondary N) is 1. The standard InChI is InChI=1S/C14H19NO4/c16-14(17)5-7-15-6-4-11-2-3-12-13(10-11)19-9-1-8-18-12/h2-3,10,15H,1,4-9H2,(H,16,17). The van der Waals surface area contributed by atoms with Gasteiger partial charge in [-0.25, -0.2) is 0 Å². The Hall–Kier alpha value is -1.75. The van der Waals surface area contributed by atoms with Gasteiger partial charge in [0.05, 0.1) is 19.6 Å². The molecule has 2 rings (SSSR count). The lowest BCUT2D eigenvalue weighted by atomic mass is 10.1. The van der Waals surface area contributed by atoms with Crippen LogP contribution >= 0.6 is 0 Å². The normalized spacial score (nSPS) is 13.9. The van der Waals surface area contributed by atoms with E-state index in [9.17, 15) is 4.79 Å². The molecule has 0 saturated heterocycles. The van der Waals surface area contributed by atoms with Crippen molar-refractivity contribution < 1.29 is 19.4 Å². The third-order valence-corrected chi connectivity index (χ3v) is 2.92. The van der Waals surface area contributed by atoms with Crippen LogP contribution in [0.2, 0.25) is 0 Å². The first kappa shape index (κ1) is 13.7. The predicted molar refractivity (Wildman–Crippen MR) is 70.9 cm³/mol. The van der Waals surface area contributed by atoms with E-state index in [1.807, 2.05) is 18.2 Å². The Balaban J connectivity index is 1.81. The lowest BCUT2D eigenvalue weighted by molar-refractivity contribution is -0.136. The van der Waals surface area contributed by atoms with Gasteiger partial charge in [-0.15, -0.1) is 0 Å². The maximum atomic E-state index is 10.4. The van der Waals surface area contributed by atoms with Gasteiger partial charge in [-0.3, -0.25) is 4.79 Å². The van der Waals surface area contributed by atoms with Crippen LogP contribution in [0, 0.1) is 0 Å². The minimum atomic E-state index is -0.775. The minimum absolute atomic E-state index is 0.154. The van der Waals surface area contributed by atoms with E-state index < -0.39 is 5.97 Å². The van der Waals surface area contributed by atoms with Gasteiger partial charge in [0.1, 0.15) is 0 Å². The van der Waals surface area contributed by atoms with Gasteiger partial charge in [-0.05, 0) is 30.7 Å². The van der Waals surface area contributed by atoms with Gasteiger partial charge in [0.25, 0.3) is 0 Å². The van der Waals surface area contributed by atoms with E-state index in [-0.39, 0.29) is 6.42 Å². The molecule has 19 heavy (non-hydrogen) atoms. The van der Waals surface area contributed by atoms with Crippen LogP contribution in [0.4, 0.5) is 0 Å². The fraction of sp³-hybridized carbons (Fsp3) is 0.500. The summed E-state index contributed by atoms with van der Waals surface area (Å²) in [5.74, 6) is 0.837. The molecule has 1 heterocycles. The second-order valence-corrected chi connectivity index (χ2v) is 4.48. The average Bonchev–Trinajstić information content (AvgIpc) is 2.62. The molecule has 5 nitrogen and oxygen atoms in total. The fourth-order valence-electron chi connectivity index (χ4n) is 1.92. The number of carboxylic acids is 1. The summed E-state index contributed by atoms with van der Waals surface area (Å²) in [4.78, 5) is 10.4. The molecule has 1 aromatic carbocycles. The molecule has 0 fully saturated rings. The molecule has 104 valence electrons. The van der Waals surface area contributed by atoms with Crippen LogP contribution in [0.15, 0.2) is 18.2 Å². The van der Waals surface area contributed by atoms with Crippen molar-refractivity contribution in [3.05, 3.63) is 23.8 Å². The summed E-state index contributed by atoms with van der Waals surface area (Å²) in [7, 11) is 0. The highest BCUT2D eigenvalue weighted by Gasteiger charge is 2.10. The zero-order valence-electron chi connectivity index (χ0n) is 10.9. The quantitative estimate of drug-likeness (QED) is 0.762. The van der Waals surface area contributed by atoms with Crippen molar-refractivity contribution >= 4 is 5.97 Å². The number of benzene rings is 1. The predicted octanol–water partition coefficient (Wildman–Crippen LogP) is 1.45. The molecule has 1 aliphatic heterocycles. The van der Waals surface area contributed by atoms with Crippen LogP contribution in [0.5, 0.6) is 11.5 Å². The SMILES string of the molecule is O=C(O)CCNCCc1ccc2c(c1)OCCCO2. The minimum Gasteiger partial charge on any atom is -0.490 e. The van der Waals surface area contributed by atoms with E-state index in [1.165, 1.54) is 0 Å². The number of carbonyl (C=O) groups is 1. The highest BCUT2D eigenvalue weighted by Crippen LogP contribution is 2.30. The van der Waals surface area contributed by atoms with Crippen molar-refractivity contribution in [2.24, 2.45) is 0 Å². The van der Waals surface area contributed by atoms with Gasteiger partial charge in [0.15, 0.2) is 11.5 Å². The van der Waals surface area contributed by atoms with E-state index in [4.69, 9.17) is 14.6 Å². The Morgan fingerprint density at radius 3 is 2.79 bits per heavy atom. The summed E-state index contributed by atoms with van der Waals surface area (Å²) in [6.45, 7) is 2.64. The van der Waals surface area contributed by atoms with Crippen molar-refractivity contribution in [2.75, 3.05) is 26.3 Å². The van der Waals surface area contributed by atoms with Gasteiger partial charge in [-0.1, -0.05) is 6.07 Å². The van der Waals surface area contributed by atoms with E-state index in [0.29, 0.717) is 19.8 Å². The van der Waals surface area contributed by atoms with Crippen molar-refractivity contribution in [1.82, 2.24) is 5.32 Å². The fourth-order valence-corrected chi connectivity index (χ4v) is 1.92. The lowest BCUT2D eigenvalue weighted by Gasteiger charge is -2.09. The first-order valence-corrected chi connectivity index (χ1v) is 6.57. The largest absolute Gasteiger partial charge is 0.490 e. The highest BCUT2D eigenvalue weighted by atomic mass is 16.5. The van der Waals surface area contributed by atoms with Crippen LogP contribution in [0.1, 0.15) is 18.4 Å². The van der Waals surface area contributed by atoms with Gasteiger partial charge in [-0.2, -0.15) is 0 Å². The Morgan fingerprint density at radius 2 is 2.00 bits per heavy atom. The van der Waals surface area contributed by atoms with Crippen molar-refractivity contribution in [3.8, 4) is 11.5 Å². The Morgan fingerprint density at radius 1 is 1.21 bits per heavy atom. The van der Waals surface area contributed by atoms with E-state index >= 15 is 0 Å². The first-order valence-electron chi connectivity index (χ1n) is 6.57. The first-order chi connectivity index (χ1) is 9.25. The van der Waals surface area contributed by atoms with Gasteiger partial charge < -0.3 is 19.9 Å². The summed E-state index contributed by atoms with van der Waals surface area (Å²) < 4.78 is 11.2. The number of carboxylic acid groups (broad SMARTS) is 1. The topological polar surface area (TPSA) is 67.8 Å². The third-order valence-electron chi connectivity index (χ3n) is 2.92. The Labute approximate surface area is 112 Å². The van der Waals surface area contributed by atoms with Crippen LogP contribution < -0.4 is 14.8 Å². The van der Waals surface area contributed by atoms with E-state index in [0.717, 1.165) is 36.4 Å². The average molecular weight is 265 g/mol. The summed E-state index contributed by atoms with van der Waals surface area (Å²) >= 11 is 0. The van der Waals surface area contributed by atoms with E-state index in [1.54, 1.807) is 0 Å². The molecule has 0 radical (unpaired) electrons. The number of hydrogen-bond donors (Lipinski definition) is 2. The molecule has 2 N–H and O–H groups in total. The van der Waals surface area contributed by atoms with E-state index in [2.05, 4.69) is 5.32 Å². The number of fused-ring (bicyclic) bond motifs is 1. The molecule has 0 saturated carbocycles. The lowest BCUT2D eigenvalue weighted by Crippen LogP contribution is -2.20. The Bertz CT molecular complexity index is 433. The van der Waals surface area contributed by atoms with Gasteiger partial charge in [0.2, 0.25) is 0 Å². The summed E-state index contributed by atoms with van der Waals surface area (Å²) in [5.41, 5.74) is 1.16. The molecule has 0 aromatic heterocycles. The molecule has 5 heteroatoms. The van der Waals surface area contributed by atoms with Crippen molar-refractivity contribution in [1.29, 1.82) is 0 Å². The summed E-state index contributed by atoms with van der Waals surface area (Å²) in [6, 6.07) is 5.96. The van der Waals surface area contributed by atoms with Crippen LogP contribution in [-0.4, -0.2) is 37.4 Å². The molecular formula is C14H19NO4. The van der Waals surface area contributed by atoms with Crippen LogP contribution in [0.3, 0.4) is 0 Å². The highest BCUT2D eigenvalue weighted by molar-refractivity contribution is 5.66. The van der Waals surface area contributed by atoms with Crippen molar-refractivity contribution in [2.45, 2.75) is 19.3 Å². The number of rotatable bonds is 6. The molecule has 0 amide bonds. The smallest absolute Gasteiger partial charge is 0.304 e. The molecule has 1 aromatic rings.